The molecule has 4 rings (SSSR count). The summed E-state index contributed by atoms with van der Waals surface area (Å²) in [5.41, 5.74) is 4.35. The normalized spacial score (nSPS) is 20.5. The Balaban J connectivity index is 1.36. The van der Waals surface area contributed by atoms with Gasteiger partial charge in [-0.15, -0.1) is 0 Å². The van der Waals surface area contributed by atoms with Crippen LogP contribution in [0.3, 0.4) is 0 Å². The molecule has 1 amide bonds. The van der Waals surface area contributed by atoms with Crippen molar-refractivity contribution in [2.45, 2.75) is 32.9 Å². The molecule has 2 aromatic rings. The van der Waals surface area contributed by atoms with Crippen LogP contribution in [0.25, 0.3) is 0 Å². The Morgan fingerprint density at radius 3 is 2.71 bits per heavy atom. The number of nitrogens with zero attached hydrogens (tertiary/aromatic N) is 2. The predicted octanol–water partition coefficient (Wildman–Crippen LogP) is 4.53. The van der Waals surface area contributed by atoms with E-state index in [-0.39, 0.29) is 17.6 Å². The molecule has 2 aliphatic heterocycles. The summed E-state index contributed by atoms with van der Waals surface area (Å²) < 4.78 is 13.5. The molecule has 4 nitrogen and oxygen atoms in total. The van der Waals surface area contributed by atoms with Gasteiger partial charge in [0.25, 0.3) is 0 Å². The Morgan fingerprint density at radius 1 is 1.10 bits per heavy atom. The molecule has 0 spiro atoms. The zero-order chi connectivity index (χ0) is 21.6. The Labute approximate surface area is 189 Å². The molecule has 1 atom stereocenters. The number of benzene rings is 2. The number of likely N-dealkylation sites (tertiary alicyclic amines) is 1. The van der Waals surface area contributed by atoms with Crippen LogP contribution < -0.4 is 5.32 Å². The van der Waals surface area contributed by atoms with E-state index >= 15 is 0 Å². The van der Waals surface area contributed by atoms with E-state index in [1.54, 1.807) is 12.1 Å². The first-order valence-corrected chi connectivity index (χ1v) is 12.4. The second-order valence-corrected chi connectivity index (χ2v) is 9.90. The van der Waals surface area contributed by atoms with Crippen molar-refractivity contribution in [1.82, 2.24) is 9.80 Å². The molecule has 31 heavy (non-hydrogen) atoms. The standard InChI is InChI=1S/C25H32FN3OS/c1-19-21(17-28-11-13-31-14-12-28)6-3-9-24(19)27-25(30)22-7-4-10-29(18-22)16-20-5-2-8-23(26)15-20/h2-3,5-6,8-9,15,22H,4,7,10-14,16-18H2,1H3,(H,27,30). The second kappa shape index (κ2) is 10.6. The van der Waals surface area contributed by atoms with Crippen molar-refractivity contribution in [1.29, 1.82) is 0 Å². The summed E-state index contributed by atoms with van der Waals surface area (Å²) >= 11 is 2.02. The van der Waals surface area contributed by atoms with Crippen molar-refractivity contribution >= 4 is 23.4 Å². The lowest BCUT2D eigenvalue weighted by Gasteiger charge is -2.32. The molecule has 0 aromatic heterocycles. The number of piperidine rings is 1. The molecule has 0 bridgehead atoms. The zero-order valence-corrected chi connectivity index (χ0v) is 19.1. The van der Waals surface area contributed by atoms with Crippen molar-refractivity contribution in [3.05, 3.63) is 65.0 Å². The second-order valence-electron chi connectivity index (χ2n) is 8.67. The molecule has 1 unspecified atom stereocenters. The van der Waals surface area contributed by atoms with Gasteiger partial charge in [-0.05, 0) is 61.2 Å². The van der Waals surface area contributed by atoms with E-state index < -0.39 is 0 Å². The first-order chi connectivity index (χ1) is 15.1. The number of thioether (sulfide) groups is 1. The number of hydrogen-bond acceptors (Lipinski definition) is 4. The maximum Gasteiger partial charge on any atom is 0.228 e. The number of nitrogens with one attached hydrogen (secondary N) is 1. The van der Waals surface area contributed by atoms with Crippen molar-refractivity contribution in [3.63, 3.8) is 0 Å². The number of rotatable bonds is 6. The van der Waals surface area contributed by atoms with Crippen molar-refractivity contribution < 1.29 is 9.18 Å². The third kappa shape index (κ3) is 6.09. The molecule has 2 aromatic carbocycles. The highest BCUT2D eigenvalue weighted by Gasteiger charge is 2.26. The van der Waals surface area contributed by atoms with Gasteiger partial charge in [0.2, 0.25) is 5.91 Å². The number of carbonyl (C=O) groups is 1. The largest absolute Gasteiger partial charge is 0.326 e. The van der Waals surface area contributed by atoms with E-state index in [4.69, 9.17) is 0 Å². The fourth-order valence-corrected chi connectivity index (χ4v) is 5.51. The highest BCUT2D eigenvalue weighted by molar-refractivity contribution is 7.99. The summed E-state index contributed by atoms with van der Waals surface area (Å²) in [5, 5.41) is 3.20. The molecule has 1 N–H and O–H groups in total. The third-order valence-corrected chi connectivity index (χ3v) is 7.32. The molecule has 0 radical (unpaired) electrons. The smallest absolute Gasteiger partial charge is 0.228 e. The van der Waals surface area contributed by atoms with Crippen LogP contribution in [0.2, 0.25) is 0 Å². The molecule has 2 fully saturated rings. The molecular weight excluding hydrogens is 409 g/mol. The van der Waals surface area contributed by atoms with E-state index in [9.17, 15) is 9.18 Å². The molecule has 2 saturated heterocycles. The lowest BCUT2D eigenvalue weighted by Crippen LogP contribution is -2.40. The fourth-order valence-electron chi connectivity index (χ4n) is 4.53. The molecule has 2 heterocycles. The monoisotopic (exact) mass is 441 g/mol. The van der Waals surface area contributed by atoms with Gasteiger partial charge in [0.05, 0.1) is 5.92 Å². The highest BCUT2D eigenvalue weighted by Crippen LogP contribution is 2.25. The molecule has 2 aliphatic rings. The summed E-state index contributed by atoms with van der Waals surface area (Å²) in [5.74, 6) is 2.25. The van der Waals surface area contributed by atoms with Crippen LogP contribution in [0.5, 0.6) is 0 Å². The van der Waals surface area contributed by atoms with Gasteiger partial charge in [-0.25, -0.2) is 4.39 Å². The van der Waals surface area contributed by atoms with Gasteiger partial charge in [-0.1, -0.05) is 24.3 Å². The van der Waals surface area contributed by atoms with Gasteiger partial charge < -0.3 is 5.32 Å². The first kappa shape index (κ1) is 22.3. The first-order valence-electron chi connectivity index (χ1n) is 11.2. The molecule has 0 saturated carbocycles. The summed E-state index contributed by atoms with van der Waals surface area (Å²) in [6.07, 6.45) is 1.88. The Bertz CT molecular complexity index is 900. The molecule has 6 heteroatoms. The molecule has 166 valence electrons. The van der Waals surface area contributed by atoms with Crippen LogP contribution in [-0.2, 0) is 17.9 Å². The minimum absolute atomic E-state index is 0.0375. The lowest BCUT2D eigenvalue weighted by atomic mass is 9.96. The number of carbonyl (C=O) groups excluding carboxylic acids is 1. The van der Waals surface area contributed by atoms with Gasteiger partial charge in [-0.2, -0.15) is 11.8 Å². The van der Waals surface area contributed by atoms with E-state index in [0.717, 1.165) is 50.3 Å². The summed E-state index contributed by atoms with van der Waals surface area (Å²) in [6, 6.07) is 13.0. The van der Waals surface area contributed by atoms with Gasteiger partial charge in [-0.3, -0.25) is 14.6 Å². The summed E-state index contributed by atoms with van der Waals surface area (Å²) in [6.45, 7) is 7.66. The van der Waals surface area contributed by atoms with E-state index in [1.807, 2.05) is 30.0 Å². The number of amides is 1. The van der Waals surface area contributed by atoms with Crippen LogP contribution in [0.15, 0.2) is 42.5 Å². The average molecular weight is 442 g/mol. The van der Waals surface area contributed by atoms with Crippen LogP contribution >= 0.6 is 11.8 Å². The summed E-state index contributed by atoms with van der Waals surface area (Å²) in [7, 11) is 0. The van der Waals surface area contributed by atoms with Crippen LogP contribution in [0.4, 0.5) is 10.1 Å². The maximum absolute atomic E-state index is 13.5. The van der Waals surface area contributed by atoms with Crippen molar-refractivity contribution in [2.24, 2.45) is 5.92 Å². The van der Waals surface area contributed by atoms with Gasteiger partial charge in [0, 0.05) is 49.9 Å². The third-order valence-electron chi connectivity index (χ3n) is 6.37. The minimum Gasteiger partial charge on any atom is -0.326 e. The van der Waals surface area contributed by atoms with Gasteiger partial charge in [0.1, 0.15) is 5.82 Å². The topological polar surface area (TPSA) is 35.6 Å². The van der Waals surface area contributed by atoms with E-state index in [0.29, 0.717) is 13.1 Å². The number of hydrogen-bond donors (Lipinski definition) is 1. The predicted molar refractivity (Wildman–Crippen MR) is 127 cm³/mol. The average Bonchev–Trinajstić information content (AvgIpc) is 2.77. The summed E-state index contributed by atoms with van der Waals surface area (Å²) in [4.78, 5) is 17.8. The number of anilines is 1. The van der Waals surface area contributed by atoms with Crippen LogP contribution in [0, 0.1) is 18.7 Å². The van der Waals surface area contributed by atoms with Crippen LogP contribution in [-0.4, -0.2) is 53.4 Å². The fraction of sp³-hybridized carbons (Fsp3) is 0.480. The van der Waals surface area contributed by atoms with E-state index in [1.165, 1.54) is 28.7 Å². The van der Waals surface area contributed by atoms with Crippen molar-refractivity contribution in [2.75, 3.05) is 43.0 Å². The Morgan fingerprint density at radius 2 is 1.90 bits per heavy atom. The van der Waals surface area contributed by atoms with E-state index in [2.05, 4.69) is 28.1 Å². The van der Waals surface area contributed by atoms with Gasteiger partial charge in [0.15, 0.2) is 0 Å². The SMILES string of the molecule is Cc1c(CN2CCSCC2)cccc1NC(=O)C1CCCN(Cc2cccc(F)c2)C1. The van der Waals surface area contributed by atoms with Gasteiger partial charge >= 0.3 is 0 Å². The lowest BCUT2D eigenvalue weighted by molar-refractivity contribution is -0.121. The highest BCUT2D eigenvalue weighted by atomic mass is 32.2. The molecular formula is C25H32FN3OS. The quantitative estimate of drug-likeness (QED) is 0.714. The Kier molecular flexibility index (Phi) is 7.64. The zero-order valence-electron chi connectivity index (χ0n) is 18.3. The number of halogens is 1. The minimum atomic E-state index is -0.206. The Hall–Kier alpha value is -1.89. The van der Waals surface area contributed by atoms with Crippen molar-refractivity contribution in [3.8, 4) is 0 Å². The maximum atomic E-state index is 13.5. The van der Waals surface area contributed by atoms with Crippen LogP contribution in [0.1, 0.15) is 29.5 Å². The molecule has 0 aliphatic carbocycles.